The number of ether oxygens (including phenoxy) is 2. The molecule has 0 heterocycles. The molecule has 0 aliphatic heterocycles. The summed E-state index contributed by atoms with van der Waals surface area (Å²) in [5, 5.41) is 17.3. The molecule has 10 nitrogen and oxygen atoms in total. The predicted molar refractivity (Wildman–Crippen MR) is 329 cm³/mol. The molecule has 0 atom stereocenters. The fraction of sp³-hybridized carbons (Fsp3) is 0.192. The second-order valence-corrected chi connectivity index (χ2v) is 20.9. The van der Waals surface area contributed by atoms with E-state index in [4.69, 9.17) is 20.0 Å². The molecule has 9 aromatic carbocycles. The van der Waals surface area contributed by atoms with E-state index in [-0.39, 0.29) is 0 Å². The van der Waals surface area contributed by atoms with Crippen LogP contribution in [0.15, 0.2) is 191 Å². The molecule has 9 aromatic rings. The van der Waals surface area contributed by atoms with E-state index >= 15 is 0 Å². The van der Waals surface area contributed by atoms with Crippen LogP contribution in [0.3, 0.4) is 0 Å². The fourth-order valence-electron chi connectivity index (χ4n) is 10.0. The van der Waals surface area contributed by atoms with Crippen molar-refractivity contribution >= 4 is 35.3 Å². The average molecular weight is 1090 g/mol. The van der Waals surface area contributed by atoms with Crippen molar-refractivity contribution in [2.75, 3.05) is 0 Å². The number of nitriles is 2. The average Bonchev–Trinajstić information content (AvgIpc) is 3.58. The molecule has 83 heavy (non-hydrogen) atoms. The minimum atomic E-state index is 0.551. The number of benzene rings is 9. The maximum absolute atomic E-state index is 10.5. The molecule has 0 saturated carbocycles. The predicted octanol–water partition coefficient (Wildman–Crippen LogP) is 16.7. The van der Waals surface area contributed by atoms with Gasteiger partial charge in [-0.1, -0.05) is 121 Å². The van der Waals surface area contributed by atoms with Crippen LogP contribution in [0, 0.1) is 78.4 Å². The molecular formula is C73H65N5O5. The number of hydrogen-bond donors (Lipinski definition) is 0. The number of rotatable bonds is 17. The molecule has 0 bridgehead atoms. The SMILES string of the molecule is Cc1cc(C)c(Cc2cc(Cc3ccc(OC#N)cc3)c(C)cc2C)cc1Cc1ccc(N=C=O)cc1.Cc1cc(C)c(Cc2ccc(OC#N)cc2)cc1Cc1ccc(N=C=O)cc1.Cc1ccc(Cc2ccc(N=C=O)cc2)c(C)c1. The lowest BCUT2D eigenvalue weighted by Gasteiger charge is -2.16. The van der Waals surface area contributed by atoms with E-state index in [1.807, 2.05) is 121 Å². The number of aryl methyl sites for hydroxylation is 8. The van der Waals surface area contributed by atoms with Gasteiger partial charge in [-0.25, -0.2) is 14.4 Å². The zero-order chi connectivity index (χ0) is 59.3. The Labute approximate surface area is 487 Å². The van der Waals surface area contributed by atoms with E-state index in [0.717, 1.165) is 38.5 Å². The lowest BCUT2D eigenvalue weighted by atomic mass is 9.89. The van der Waals surface area contributed by atoms with Crippen molar-refractivity contribution in [2.45, 2.75) is 93.9 Å². The molecule has 412 valence electrons. The second kappa shape index (κ2) is 29.8. The van der Waals surface area contributed by atoms with Crippen molar-refractivity contribution in [1.82, 2.24) is 0 Å². The summed E-state index contributed by atoms with van der Waals surface area (Å²) in [6, 6.07) is 58.6. The summed E-state index contributed by atoms with van der Waals surface area (Å²) in [5.41, 5.74) is 27.2. The summed E-state index contributed by atoms with van der Waals surface area (Å²) in [4.78, 5) is 41.9. The molecule has 0 N–H and O–H groups in total. The largest absolute Gasteiger partial charge is 0.388 e. The van der Waals surface area contributed by atoms with Crippen molar-refractivity contribution in [3.05, 3.63) is 287 Å². The van der Waals surface area contributed by atoms with E-state index in [1.54, 1.807) is 30.8 Å². The molecule has 0 amide bonds. The van der Waals surface area contributed by atoms with Gasteiger partial charge in [-0.3, -0.25) is 0 Å². The number of nitrogens with zero attached hydrogens (tertiary/aromatic N) is 5. The zero-order valence-corrected chi connectivity index (χ0v) is 48.3. The topological polar surface area (TPSA) is 154 Å². The van der Waals surface area contributed by atoms with Gasteiger partial charge in [0, 0.05) is 0 Å². The van der Waals surface area contributed by atoms with E-state index in [2.05, 4.69) is 125 Å². The van der Waals surface area contributed by atoms with Gasteiger partial charge in [-0.2, -0.15) is 15.0 Å². The van der Waals surface area contributed by atoms with Gasteiger partial charge in [0.1, 0.15) is 11.5 Å². The van der Waals surface area contributed by atoms with Gasteiger partial charge in [0.2, 0.25) is 18.2 Å². The molecule has 0 aromatic heterocycles. The Morgan fingerprint density at radius 2 is 0.554 bits per heavy atom. The Morgan fingerprint density at radius 3 is 0.819 bits per heavy atom. The van der Waals surface area contributed by atoms with Crippen molar-refractivity contribution in [2.24, 2.45) is 15.0 Å². The number of hydrogen-bond acceptors (Lipinski definition) is 10. The van der Waals surface area contributed by atoms with Gasteiger partial charge in [-0.15, -0.1) is 10.5 Å². The third-order valence-electron chi connectivity index (χ3n) is 14.7. The molecule has 9 rings (SSSR count). The van der Waals surface area contributed by atoms with Gasteiger partial charge in [0.15, 0.2) is 0 Å². The highest BCUT2D eigenvalue weighted by molar-refractivity contribution is 5.53. The zero-order valence-electron chi connectivity index (χ0n) is 48.3. The Balaban J connectivity index is 0.000000190. The van der Waals surface area contributed by atoms with Gasteiger partial charge in [-0.05, 0) is 260 Å². The second-order valence-electron chi connectivity index (χ2n) is 20.9. The summed E-state index contributed by atoms with van der Waals surface area (Å²) in [7, 11) is 0. The van der Waals surface area contributed by atoms with Crippen LogP contribution in [0.2, 0.25) is 0 Å². The van der Waals surface area contributed by atoms with Crippen LogP contribution >= 0.6 is 0 Å². The van der Waals surface area contributed by atoms with Crippen LogP contribution in [-0.4, -0.2) is 18.2 Å². The highest BCUT2D eigenvalue weighted by Crippen LogP contribution is 2.29. The summed E-state index contributed by atoms with van der Waals surface area (Å²) in [6.07, 6.45) is 13.2. The van der Waals surface area contributed by atoms with Crippen LogP contribution < -0.4 is 9.47 Å². The van der Waals surface area contributed by atoms with E-state index in [9.17, 15) is 14.4 Å². The molecule has 0 saturated heterocycles. The first kappa shape index (κ1) is 60.3. The molecule has 0 radical (unpaired) electrons. The highest BCUT2D eigenvalue weighted by Gasteiger charge is 2.13. The van der Waals surface area contributed by atoms with Crippen molar-refractivity contribution in [3.8, 4) is 24.0 Å². The van der Waals surface area contributed by atoms with Crippen LogP contribution in [-0.2, 0) is 52.9 Å². The molecule has 0 unspecified atom stereocenters. The number of carbonyl (C=O) groups excluding carboxylic acids is 3. The Kier molecular flexibility index (Phi) is 21.7. The standard InChI is InChI=1S/C33H30N2O2.C24H20N2O2.C16H15NO/c1-22-13-24(3)30(17-28(22)15-26-5-9-32(10-6-26)35-21-36)19-31-18-29(23(2)14-25(31)4)16-27-7-11-33(12-8-27)37-20-34;1-17-11-18(2)22(13-20-5-9-24(10-6-20)28-15-25)14-21(17)12-19-3-7-23(8-4-19)26-16-27;1-12-3-6-15(13(2)9-12)10-14-4-7-16(8-5-14)17-11-18/h5-14,17-18H,15-16,19H2,1-4H3;3-11,14H,12-13H2,1-2H3;3-9H,10H2,1-2H3. The van der Waals surface area contributed by atoms with Gasteiger partial charge >= 0.3 is 0 Å². The van der Waals surface area contributed by atoms with Crippen LogP contribution in [0.4, 0.5) is 17.1 Å². The fourth-order valence-corrected chi connectivity index (χ4v) is 10.0. The van der Waals surface area contributed by atoms with Crippen molar-refractivity contribution in [1.29, 1.82) is 10.5 Å². The van der Waals surface area contributed by atoms with Gasteiger partial charge in [0.05, 0.1) is 17.1 Å². The van der Waals surface area contributed by atoms with Gasteiger partial charge < -0.3 is 9.47 Å². The van der Waals surface area contributed by atoms with Crippen LogP contribution in [0.5, 0.6) is 11.5 Å². The normalized spacial score (nSPS) is 10.2. The van der Waals surface area contributed by atoms with Crippen LogP contribution in [0.25, 0.3) is 0 Å². The summed E-state index contributed by atoms with van der Waals surface area (Å²) < 4.78 is 9.74. The van der Waals surface area contributed by atoms with Crippen molar-refractivity contribution < 1.29 is 23.9 Å². The molecule has 10 heteroatoms. The Morgan fingerprint density at radius 1 is 0.301 bits per heavy atom. The first-order valence-electron chi connectivity index (χ1n) is 27.3. The number of aliphatic imine (C=N–C) groups is 3. The van der Waals surface area contributed by atoms with E-state index in [0.29, 0.717) is 28.6 Å². The lowest BCUT2D eigenvalue weighted by molar-refractivity contribution is 0.506. The number of isocyanates is 3. The van der Waals surface area contributed by atoms with E-state index in [1.165, 1.54) is 111 Å². The summed E-state index contributed by atoms with van der Waals surface area (Å²) in [6.45, 7) is 17.2. The lowest BCUT2D eigenvalue weighted by Crippen LogP contribution is -2.02. The molecule has 0 aliphatic carbocycles. The highest BCUT2D eigenvalue weighted by atomic mass is 16.5. The Bertz CT molecular complexity index is 3950. The minimum Gasteiger partial charge on any atom is -0.388 e. The quantitative estimate of drug-likeness (QED) is 0.0499. The van der Waals surface area contributed by atoms with Gasteiger partial charge in [0.25, 0.3) is 12.5 Å². The summed E-state index contributed by atoms with van der Waals surface area (Å²) in [5.74, 6) is 1.11. The third kappa shape index (κ3) is 17.8. The first-order chi connectivity index (χ1) is 40.1. The third-order valence-corrected chi connectivity index (χ3v) is 14.7. The molecule has 0 fully saturated rings. The van der Waals surface area contributed by atoms with E-state index < -0.39 is 0 Å². The minimum absolute atomic E-state index is 0.551. The van der Waals surface area contributed by atoms with Crippen molar-refractivity contribution in [3.63, 3.8) is 0 Å². The first-order valence-corrected chi connectivity index (χ1v) is 27.3. The maximum Gasteiger partial charge on any atom is 0.292 e. The van der Waals surface area contributed by atoms with Crippen LogP contribution in [0.1, 0.15) is 111 Å². The molecule has 0 aliphatic rings. The smallest absolute Gasteiger partial charge is 0.292 e. The maximum atomic E-state index is 10.5. The Hall–Kier alpha value is -10.3. The molecular weight excluding hydrogens is 1030 g/mol. The molecule has 0 spiro atoms. The monoisotopic (exact) mass is 1090 g/mol. The summed E-state index contributed by atoms with van der Waals surface area (Å²) >= 11 is 0.